The van der Waals surface area contributed by atoms with Crippen molar-refractivity contribution < 1.29 is 17.6 Å². The van der Waals surface area contributed by atoms with Gasteiger partial charge in [0.25, 0.3) is 0 Å². The fraction of sp³-hybridized carbons (Fsp3) is 0.0588. The Morgan fingerprint density at radius 1 is 1.04 bits per heavy atom. The van der Waals surface area contributed by atoms with Crippen LogP contribution in [0.2, 0.25) is 0 Å². The number of rotatable bonds is 3. The molecule has 7 heteroatoms. The van der Waals surface area contributed by atoms with Gasteiger partial charge in [0.2, 0.25) is 5.43 Å². The third-order valence-corrected chi connectivity index (χ3v) is 3.32. The van der Waals surface area contributed by atoms with Gasteiger partial charge in [0, 0.05) is 0 Å². The highest BCUT2D eigenvalue weighted by Crippen LogP contribution is 2.29. The standard InChI is InChI=1S/C17H11F3N2O2/c18-17(19,20)12-5-7-13(8-6-12)22-21-9-11-10-24-15-4-2-1-3-14(15)16(11)23/h1-10,22H/b21-9+. The van der Waals surface area contributed by atoms with Crippen LogP contribution < -0.4 is 10.9 Å². The molecule has 0 spiro atoms. The number of benzene rings is 2. The number of para-hydroxylation sites is 1. The van der Waals surface area contributed by atoms with Crippen molar-refractivity contribution >= 4 is 22.9 Å². The van der Waals surface area contributed by atoms with Crippen molar-refractivity contribution in [3.05, 3.63) is 76.1 Å². The predicted molar refractivity (Wildman–Crippen MR) is 85.1 cm³/mol. The Kier molecular flexibility index (Phi) is 4.07. The molecule has 0 aliphatic rings. The maximum atomic E-state index is 12.5. The summed E-state index contributed by atoms with van der Waals surface area (Å²) < 4.78 is 42.7. The molecule has 0 atom stereocenters. The van der Waals surface area contributed by atoms with Crippen molar-refractivity contribution in [2.75, 3.05) is 5.43 Å². The second-order valence-corrected chi connectivity index (χ2v) is 4.96. The molecule has 3 rings (SSSR count). The quantitative estimate of drug-likeness (QED) is 0.576. The van der Waals surface area contributed by atoms with E-state index in [4.69, 9.17) is 4.42 Å². The highest BCUT2D eigenvalue weighted by atomic mass is 19.4. The monoisotopic (exact) mass is 332 g/mol. The van der Waals surface area contributed by atoms with E-state index in [1.54, 1.807) is 24.3 Å². The summed E-state index contributed by atoms with van der Waals surface area (Å²) in [6, 6.07) is 11.2. The Morgan fingerprint density at radius 2 is 1.75 bits per heavy atom. The summed E-state index contributed by atoms with van der Waals surface area (Å²) in [5.74, 6) is 0. The lowest BCUT2D eigenvalue weighted by atomic mass is 10.2. The zero-order valence-electron chi connectivity index (χ0n) is 12.2. The van der Waals surface area contributed by atoms with Crippen LogP contribution in [-0.4, -0.2) is 6.21 Å². The second-order valence-electron chi connectivity index (χ2n) is 4.96. The molecule has 0 fully saturated rings. The number of nitrogens with one attached hydrogen (secondary N) is 1. The first-order chi connectivity index (χ1) is 11.4. The Morgan fingerprint density at radius 3 is 2.46 bits per heavy atom. The number of alkyl halides is 3. The summed E-state index contributed by atoms with van der Waals surface area (Å²) in [7, 11) is 0. The Labute approximate surface area is 134 Å². The van der Waals surface area contributed by atoms with Gasteiger partial charge in [-0.1, -0.05) is 12.1 Å². The maximum Gasteiger partial charge on any atom is 0.416 e. The van der Waals surface area contributed by atoms with Crippen molar-refractivity contribution in [2.24, 2.45) is 5.10 Å². The first-order valence-electron chi connectivity index (χ1n) is 6.92. The van der Waals surface area contributed by atoms with Gasteiger partial charge in [-0.05, 0) is 36.4 Å². The topological polar surface area (TPSA) is 54.6 Å². The minimum absolute atomic E-state index is 0.230. The predicted octanol–water partition coefficient (Wildman–Crippen LogP) is 4.26. The average Bonchev–Trinajstić information content (AvgIpc) is 2.57. The number of anilines is 1. The number of halogens is 3. The van der Waals surface area contributed by atoms with Crippen LogP contribution in [0.15, 0.2) is 69.1 Å². The minimum Gasteiger partial charge on any atom is -0.463 e. The molecule has 1 heterocycles. The van der Waals surface area contributed by atoms with E-state index in [1.807, 2.05) is 0 Å². The normalized spacial score (nSPS) is 12.0. The molecule has 4 nitrogen and oxygen atoms in total. The molecule has 3 aromatic rings. The van der Waals surface area contributed by atoms with Gasteiger partial charge in [-0.15, -0.1) is 0 Å². The summed E-state index contributed by atoms with van der Waals surface area (Å²) >= 11 is 0. The molecule has 0 aliphatic carbocycles. The lowest BCUT2D eigenvalue weighted by Gasteiger charge is -2.07. The first-order valence-corrected chi connectivity index (χ1v) is 6.92. The molecule has 2 aromatic carbocycles. The van der Waals surface area contributed by atoms with Crippen LogP contribution in [0.25, 0.3) is 11.0 Å². The Balaban J connectivity index is 1.77. The van der Waals surface area contributed by atoms with Crippen LogP contribution in [0.5, 0.6) is 0 Å². The summed E-state index contributed by atoms with van der Waals surface area (Å²) in [6.07, 6.45) is -1.84. The number of nitrogens with zero attached hydrogens (tertiary/aromatic N) is 1. The number of hydrazone groups is 1. The van der Waals surface area contributed by atoms with E-state index in [2.05, 4.69) is 10.5 Å². The smallest absolute Gasteiger partial charge is 0.416 e. The first kappa shape index (κ1) is 15.8. The third kappa shape index (κ3) is 3.29. The molecule has 0 saturated heterocycles. The fourth-order valence-corrected chi connectivity index (χ4v) is 2.09. The third-order valence-electron chi connectivity index (χ3n) is 3.32. The molecule has 0 radical (unpaired) electrons. The Hall–Kier alpha value is -3.09. The van der Waals surface area contributed by atoms with Crippen molar-refractivity contribution in [3.8, 4) is 0 Å². The van der Waals surface area contributed by atoms with Crippen LogP contribution in [0.1, 0.15) is 11.1 Å². The molecule has 0 amide bonds. The molecule has 0 bridgehead atoms. The zero-order chi connectivity index (χ0) is 17.2. The molecular weight excluding hydrogens is 321 g/mol. The molecule has 0 saturated carbocycles. The molecule has 1 N–H and O–H groups in total. The SMILES string of the molecule is O=c1c(/C=N/Nc2ccc(C(F)(F)F)cc2)coc2ccccc12. The summed E-state index contributed by atoms with van der Waals surface area (Å²) in [5.41, 5.74) is 2.65. The lowest BCUT2D eigenvalue weighted by Crippen LogP contribution is -2.08. The maximum absolute atomic E-state index is 12.5. The van der Waals surface area contributed by atoms with Crippen molar-refractivity contribution in [2.45, 2.75) is 6.18 Å². The van der Waals surface area contributed by atoms with E-state index in [9.17, 15) is 18.0 Å². The van der Waals surface area contributed by atoms with Crippen LogP contribution in [-0.2, 0) is 6.18 Å². The van der Waals surface area contributed by atoms with E-state index in [0.717, 1.165) is 12.1 Å². The lowest BCUT2D eigenvalue weighted by molar-refractivity contribution is -0.137. The molecular formula is C17H11F3N2O2. The van der Waals surface area contributed by atoms with E-state index in [-0.39, 0.29) is 11.0 Å². The molecule has 122 valence electrons. The van der Waals surface area contributed by atoms with Crippen molar-refractivity contribution in [1.82, 2.24) is 0 Å². The van der Waals surface area contributed by atoms with E-state index in [1.165, 1.54) is 24.6 Å². The summed E-state index contributed by atoms with van der Waals surface area (Å²) in [4.78, 5) is 12.2. The minimum atomic E-state index is -4.38. The van der Waals surface area contributed by atoms with Crippen LogP contribution >= 0.6 is 0 Å². The Bertz CT molecular complexity index is 944. The molecule has 1 aromatic heterocycles. The summed E-state index contributed by atoms with van der Waals surface area (Å²) in [5, 5.41) is 4.28. The molecule has 0 aliphatic heterocycles. The number of hydrogen-bond acceptors (Lipinski definition) is 4. The van der Waals surface area contributed by atoms with Crippen LogP contribution in [0, 0.1) is 0 Å². The zero-order valence-corrected chi connectivity index (χ0v) is 12.2. The van der Waals surface area contributed by atoms with E-state index >= 15 is 0 Å². The van der Waals surface area contributed by atoms with Gasteiger partial charge < -0.3 is 4.42 Å². The number of fused-ring (bicyclic) bond motifs is 1. The van der Waals surface area contributed by atoms with Crippen LogP contribution in [0.3, 0.4) is 0 Å². The van der Waals surface area contributed by atoms with Gasteiger partial charge in [0.05, 0.1) is 28.4 Å². The largest absolute Gasteiger partial charge is 0.463 e. The molecule has 0 unspecified atom stereocenters. The molecule has 24 heavy (non-hydrogen) atoms. The van der Waals surface area contributed by atoms with Gasteiger partial charge in [-0.25, -0.2) is 0 Å². The summed E-state index contributed by atoms with van der Waals surface area (Å²) in [6.45, 7) is 0. The number of hydrogen-bond donors (Lipinski definition) is 1. The second kappa shape index (κ2) is 6.19. The van der Waals surface area contributed by atoms with Gasteiger partial charge in [-0.2, -0.15) is 18.3 Å². The van der Waals surface area contributed by atoms with E-state index < -0.39 is 11.7 Å². The average molecular weight is 332 g/mol. The van der Waals surface area contributed by atoms with Crippen molar-refractivity contribution in [3.63, 3.8) is 0 Å². The van der Waals surface area contributed by atoms with Gasteiger partial charge in [0.15, 0.2) is 0 Å². The van der Waals surface area contributed by atoms with Gasteiger partial charge in [0.1, 0.15) is 11.8 Å². The highest BCUT2D eigenvalue weighted by molar-refractivity contribution is 5.86. The van der Waals surface area contributed by atoms with Gasteiger partial charge in [-0.3, -0.25) is 10.2 Å². The highest BCUT2D eigenvalue weighted by Gasteiger charge is 2.29. The fourth-order valence-electron chi connectivity index (χ4n) is 2.09. The van der Waals surface area contributed by atoms with E-state index in [0.29, 0.717) is 16.7 Å². The van der Waals surface area contributed by atoms with Crippen molar-refractivity contribution in [1.29, 1.82) is 0 Å². The van der Waals surface area contributed by atoms with Crippen LogP contribution in [0.4, 0.5) is 18.9 Å². The van der Waals surface area contributed by atoms with Gasteiger partial charge >= 0.3 is 6.18 Å².